The van der Waals surface area contributed by atoms with Crippen molar-refractivity contribution in [2.24, 2.45) is 0 Å². The van der Waals surface area contributed by atoms with E-state index in [0.29, 0.717) is 23.7 Å². The number of carbonyl (C=O) groups is 1. The third-order valence-electron chi connectivity index (χ3n) is 3.09. The lowest BCUT2D eigenvalue weighted by Gasteiger charge is -2.07. The smallest absolute Gasteiger partial charge is 0.251 e. The third kappa shape index (κ3) is 4.88. The lowest BCUT2D eigenvalue weighted by Crippen LogP contribution is -2.25. The first-order chi connectivity index (χ1) is 10.2. The van der Waals surface area contributed by atoms with Crippen molar-refractivity contribution in [2.75, 3.05) is 13.7 Å². The number of nitrogens with one attached hydrogen (secondary N) is 1. The van der Waals surface area contributed by atoms with Crippen LogP contribution in [0.25, 0.3) is 0 Å². The zero-order valence-corrected chi connectivity index (χ0v) is 12.7. The molecule has 2 rings (SSSR count). The Hall–Kier alpha value is -1.84. The standard InChI is InChI=1S/C17H18ClNO2/c1-21-12-14-5-2-6-15(10-14)17(20)19-9-8-13-4-3-7-16(18)11-13/h2-7,10-11H,8-9,12H2,1H3,(H,19,20). The van der Waals surface area contributed by atoms with Gasteiger partial charge in [-0.3, -0.25) is 4.79 Å². The van der Waals surface area contributed by atoms with Crippen molar-refractivity contribution < 1.29 is 9.53 Å². The van der Waals surface area contributed by atoms with Crippen LogP contribution in [-0.2, 0) is 17.8 Å². The van der Waals surface area contributed by atoms with Gasteiger partial charge in [-0.2, -0.15) is 0 Å². The van der Waals surface area contributed by atoms with Gasteiger partial charge in [0.25, 0.3) is 5.91 Å². The second-order valence-electron chi connectivity index (χ2n) is 4.77. The van der Waals surface area contributed by atoms with Crippen LogP contribution < -0.4 is 5.32 Å². The topological polar surface area (TPSA) is 38.3 Å². The normalized spacial score (nSPS) is 10.4. The Morgan fingerprint density at radius 3 is 2.67 bits per heavy atom. The Morgan fingerprint density at radius 2 is 1.90 bits per heavy atom. The van der Waals surface area contributed by atoms with E-state index in [1.807, 2.05) is 42.5 Å². The highest BCUT2D eigenvalue weighted by Gasteiger charge is 2.05. The van der Waals surface area contributed by atoms with E-state index in [0.717, 1.165) is 17.5 Å². The quantitative estimate of drug-likeness (QED) is 0.887. The summed E-state index contributed by atoms with van der Waals surface area (Å²) in [5.74, 6) is -0.0741. The van der Waals surface area contributed by atoms with E-state index >= 15 is 0 Å². The zero-order valence-electron chi connectivity index (χ0n) is 11.9. The summed E-state index contributed by atoms with van der Waals surface area (Å²) in [6.07, 6.45) is 0.754. The fourth-order valence-electron chi connectivity index (χ4n) is 2.08. The number of methoxy groups -OCH3 is 1. The molecule has 0 aliphatic carbocycles. The zero-order chi connectivity index (χ0) is 15.1. The predicted octanol–water partition coefficient (Wildman–Crippen LogP) is 3.46. The number of ether oxygens (including phenoxy) is 1. The minimum absolute atomic E-state index is 0.0741. The summed E-state index contributed by atoms with van der Waals surface area (Å²) >= 11 is 5.93. The second kappa shape index (κ2) is 7.81. The summed E-state index contributed by atoms with van der Waals surface area (Å²) in [6, 6.07) is 15.1. The first kappa shape index (κ1) is 15.5. The predicted molar refractivity (Wildman–Crippen MR) is 84.6 cm³/mol. The van der Waals surface area contributed by atoms with Gasteiger partial charge in [-0.05, 0) is 41.8 Å². The molecule has 0 bridgehead atoms. The van der Waals surface area contributed by atoms with E-state index in [-0.39, 0.29) is 5.91 Å². The van der Waals surface area contributed by atoms with Crippen LogP contribution in [0.5, 0.6) is 0 Å². The van der Waals surface area contributed by atoms with Crippen molar-refractivity contribution in [2.45, 2.75) is 13.0 Å². The summed E-state index contributed by atoms with van der Waals surface area (Å²) in [4.78, 5) is 12.1. The second-order valence-corrected chi connectivity index (χ2v) is 5.21. The van der Waals surface area contributed by atoms with Crippen LogP contribution in [0.1, 0.15) is 21.5 Å². The molecule has 0 saturated carbocycles. The molecule has 0 unspecified atom stereocenters. The number of amides is 1. The molecule has 21 heavy (non-hydrogen) atoms. The minimum Gasteiger partial charge on any atom is -0.380 e. The van der Waals surface area contributed by atoms with Gasteiger partial charge in [0.15, 0.2) is 0 Å². The minimum atomic E-state index is -0.0741. The van der Waals surface area contributed by atoms with Crippen LogP contribution in [0.4, 0.5) is 0 Å². The molecular formula is C17H18ClNO2. The van der Waals surface area contributed by atoms with Crippen LogP contribution >= 0.6 is 11.6 Å². The molecule has 0 aromatic heterocycles. The Balaban J connectivity index is 1.88. The monoisotopic (exact) mass is 303 g/mol. The van der Waals surface area contributed by atoms with Gasteiger partial charge in [0, 0.05) is 24.2 Å². The van der Waals surface area contributed by atoms with E-state index in [4.69, 9.17) is 16.3 Å². The molecule has 4 heteroatoms. The van der Waals surface area contributed by atoms with E-state index in [2.05, 4.69) is 5.32 Å². The first-order valence-electron chi connectivity index (χ1n) is 6.79. The highest BCUT2D eigenvalue weighted by atomic mass is 35.5. The van der Waals surface area contributed by atoms with Crippen LogP contribution in [0.3, 0.4) is 0 Å². The molecule has 3 nitrogen and oxygen atoms in total. The van der Waals surface area contributed by atoms with Gasteiger partial charge in [0.2, 0.25) is 0 Å². The largest absolute Gasteiger partial charge is 0.380 e. The number of rotatable bonds is 6. The number of hydrogen-bond acceptors (Lipinski definition) is 2. The SMILES string of the molecule is COCc1cccc(C(=O)NCCc2cccc(Cl)c2)c1. The molecule has 0 aliphatic heterocycles. The van der Waals surface area contributed by atoms with Crippen LogP contribution in [-0.4, -0.2) is 19.6 Å². The van der Waals surface area contributed by atoms with Crippen molar-refractivity contribution >= 4 is 17.5 Å². The van der Waals surface area contributed by atoms with Crippen molar-refractivity contribution in [3.05, 3.63) is 70.2 Å². The maximum Gasteiger partial charge on any atom is 0.251 e. The van der Waals surface area contributed by atoms with Crippen molar-refractivity contribution in [1.29, 1.82) is 0 Å². The molecule has 0 fully saturated rings. The molecule has 0 spiro atoms. The van der Waals surface area contributed by atoms with Gasteiger partial charge in [-0.25, -0.2) is 0 Å². The molecule has 0 radical (unpaired) electrons. The highest BCUT2D eigenvalue weighted by Crippen LogP contribution is 2.11. The van der Waals surface area contributed by atoms with Gasteiger partial charge in [-0.15, -0.1) is 0 Å². The van der Waals surface area contributed by atoms with Crippen LogP contribution in [0.15, 0.2) is 48.5 Å². The third-order valence-corrected chi connectivity index (χ3v) is 3.32. The molecule has 0 heterocycles. The highest BCUT2D eigenvalue weighted by molar-refractivity contribution is 6.30. The fraction of sp³-hybridized carbons (Fsp3) is 0.235. The first-order valence-corrected chi connectivity index (χ1v) is 7.17. The lowest BCUT2D eigenvalue weighted by molar-refractivity contribution is 0.0954. The van der Waals surface area contributed by atoms with Gasteiger partial charge < -0.3 is 10.1 Å². The Labute approximate surface area is 129 Å². The molecule has 0 atom stereocenters. The summed E-state index contributed by atoms with van der Waals surface area (Å²) in [6.45, 7) is 1.08. The van der Waals surface area contributed by atoms with E-state index in [1.165, 1.54) is 0 Å². The molecule has 1 N–H and O–H groups in total. The fourth-order valence-corrected chi connectivity index (χ4v) is 2.30. The summed E-state index contributed by atoms with van der Waals surface area (Å²) in [5.41, 5.74) is 2.74. The Morgan fingerprint density at radius 1 is 1.14 bits per heavy atom. The molecule has 110 valence electrons. The van der Waals surface area contributed by atoms with Gasteiger partial charge in [0.1, 0.15) is 0 Å². The molecule has 0 saturated heterocycles. The van der Waals surface area contributed by atoms with E-state index in [1.54, 1.807) is 13.2 Å². The molecule has 2 aromatic rings. The van der Waals surface area contributed by atoms with Gasteiger partial charge >= 0.3 is 0 Å². The average Bonchev–Trinajstić information content (AvgIpc) is 2.48. The Bertz CT molecular complexity index is 613. The maximum atomic E-state index is 12.1. The lowest BCUT2D eigenvalue weighted by atomic mass is 10.1. The van der Waals surface area contributed by atoms with E-state index < -0.39 is 0 Å². The van der Waals surface area contributed by atoms with Crippen LogP contribution in [0.2, 0.25) is 5.02 Å². The maximum absolute atomic E-state index is 12.1. The van der Waals surface area contributed by atoms with Gasteiger partial charge in [-0.1, -0.05) is 35.9 Å². The van der Waals surface area contributed by atoms with Crippen LogP contribution in [0, 0.1) is 0 Å². The average molecular weight is 304 g/mol. The van der Waals surface area contributed by atoms with Crippen molar-refractivity contribution in [3.8, 4) is 0 Å². The summed E-state index contributed by atoms with van der Waals surface area (Å²) < 4.78 is 5.07. The van der Waals surface area contributed by atoms with Gasteiger partial charge in [0.05, 0.1) is 6.61 Å². The number of halogens is 1. The van der Waals surface area contributed by atoms with Crippen molar-refractivity contribution in [3.63, 3.8) is 0 Å². The number of benzene rings is 2. The molecule has 0 aliphatic rings. The molecule has 1 amide bonds. The summed E-state index contributed by atoms with van der Waals surface area (Å²) in [7, 11) is 1.64. The van der Waals surface area contributed by atoms with E-state index in [9.17, 15) is 4.79 Å². The molecular weight excluding hydrogens is 286 g/mol. The van der Waals surface area contributed by atoms with Crippen molar-refractivity contribution in [1.82, 2.24) is 5.32 Å². The Kier molecular flexibility index (Phi) is 5.78. The number of hydrogen-bond donors (Lipinski definition) is 1. The summed E-state index contributed by atoms with van der Waals surface area (Å²) in [5, 5.41) is 3.63. The number of carbonyl (C=O) groups excluding carboxylic acids is 1. The molecule has 2 aromatic carbocycles.